The highest BCUT2D eigenvalue weighted by Crippen LogP contribution is 2.28. The van der Waals surface area contributed by atoms with Crippen LogP contribution in [0.4, 0.5) is 5.82 Å². The molecule has 0 radical (unpaired) electrons. The Bertz CT molecular complexity index is 1240. The number of aromatic nitrogens is 2. The molecule has 41 heavy (non-hydrogen) atoms. The summed E-state index contributed by atoms with van der Waals surface area (Å²) in [6.45, 7) is 2.91. The van der Waals surface area contributed by atoms with E-state index in [1.807, 2.05) is 17.0 Å². The number of aliphatic hydroxyl groups is 1. The van der Waals surface area contributed by atoms with Gasteiger partial charge in [0.05, 0.1) is 22.8 Å². The molecule has 0 unspecified atom stereocenters. The van der Waals surface area contributed by atoms with Crippen LogP contribution in [0.1, 0.15) is 73.8 Å². The van der Waals surface area contributed by atoms with Gasteiger partial charge in [-0.1, -0.05) is 11.6 Å². The first-order valence-corrected chi connectivity index (χ1v) is 15.0. The Morgan fingerprint density at radius 1 is 1.00 bits per heavy atom. The smallest absolute Gasteiger partial charge is 0.272 e. The lowest BCUT2D eigenvalue weighted by Gasteiger charge is -2.34. The van der Waals surface area contributed by atoms with Crippen molar-refractivity contribution in [2.45, 2.75) is 76.0 Å². The fraction of sp³-hybridized carbons (Fsp3) is 0.567. The van der Waals surface area contributed by atoms with Crippen molar-refractivity contribution in [3.05, 3.63) is 46.6 Å². The highest BCUT2D eigenvalue weighted by molar-refractivity contribution is 6.31. The molecular weight excluding hydrogens is 544 g/mol. The predicted octanol–water partition coefficient (Wildman–Crippen LogP) is 3.71. The maximum Gasteiger partial charge on any atom is 0.272 e. The van der Waals surface area contributed by atoms with Crippen LogP contribution in [0.3, 0.4) is 0 Å². The van der Waals surface area contributed by atoms with Gasteiger partial charge >= 0.3 is 0 Å². The summed E-state index contributed by atoms with van der Waals surface area (Å²) in [5.74, 6) is 1.72. The lowest BCUT2D eigenvalue weighted by Crippen LogP contribution is -2.42. The monoisotopic (exact) mass is 580 g/mol. The van der Waals surface area contributed by atoms with Crippen LogP contribution in [0.2, 0.25) is 5.02 Å². The van der Waals surface area contributed by atoms with Crippen molar-refractivity contribution < 1.29 is 19.4 Å². The molecule has 2 N–H and O–H groups in total. The lowest BCUT2D eigenvalue weighted by molar-refractivity contribution is -0.134. The number of halogens is 1. The lowest BCUT2D eigenvalue weighted by atomic mass is 9.92. The van der Waals surface area contributed by atoms with E-state index in [4.69, 9.17) is 21.6 Å². The zero-order chi connectivity index (χ0) is 28.8. The van der Waals surface area contributed by atoms with E-state index in [1.165, 1.54) is 0 Å². The minimum atomic E-state index is -0.274. The number of benzene rings is 1. The quantitative estimate of drug-likeness (QED) is 0.506. The van der Waals surface area contributed by atoms with Crippen LogP contribution in [0.25, 0.3) is 0 Å². The Balaban J connectivity index is 1.03. The molecule has 2 aliphatic heterocycles. The van der Waals surface area contributed by atoms with Gasteiger partial charge in [0.15, 0.2) is 11.5 Å². The number of likely N-dealkylation sites (tertiary alicyclic amines) is 1. The van der Waals surface area contributed by atoms with Crippen LogP contribution >= 0.6 is 11.6 Å². The van der Waals surface area contributed by atoms with Crippen LogP contribution in [0.15, 0.2) is 30.3 Å². The predicted molar refractivity (Wildman–Crippen MR) is 154 cm³/mol. The summed E-state index contributed by atoms with van der Waals surface area (Å²) in [5.41, 5.74) is 0.720. The van der Waals surface area contributed by atoms with Crippen LogP contribution in [0.5, 0.6) is 5.75 Å². The molecule has 0 atom stereocenters. The number of nitriles is 1. The first kappa shape index (κ1) is 29.1. The number of hydrogen-bond acceptors (Lipinski definition) is 8. The average molecular weight is 581 g/mol. The third kappa shape index (κ3) is 7.66. The number of anilines is 1. The molecule has 11 heteroatoms. The van der Waals surface area contributed by atoms with Gasteiger partial charge in [-0.25, -0.2) is 0 Å². The SMILES string of the molecule is N#Cc1ccc(OC2CCC(NC(=O)c3ccc(N4CCC(CC(=O)N5CCC(O)CC5)CC4)nn3)CC2)cc1Cl. The molecular formula is C30H37ClN6O4. The van der Waals surface area contributed by atoms with Gasteiger partial charge in [0.2, 0.25) is 5.91 Å². The molecule has 1 aromatic heterocycles. The Morgan fingerprint density at radius 2 is 1.73 bits per heavy atom. The highest BCUT2D eigenvalue weighted by atomic mass is 35.5. The molecule has 1 saturated carbocycles. The van der Waals surface area contributed by atoms with Crippen molar-refractivity contribution in [2.24, 2.45) is 5.92 Å². The van der Waals surface area contributed by atoms with Gasteiger partial charge in [-0.3, -0.25) is 9.59 Å². The number of ether oxygens (including phenoxy) is 1. The average Bonchev–Trinajstić information content (AvgIpc) is 2.99. The van der Waals surface area contributed by atoms with Gasteiger partial charge < -0.3 is 25.0 Å². The molecule has 2 aromatic rings. The number of rotatable bonds is 7. The van der Waals surface area contributed by atoms with Crippen molar-refractivity contribution in [3.8, 4) is 11.8 Å². The third-order valence-electron chi connectivity index (χ3n) is 8.48. The standard InChI is InChI=1S/C30H37ClN6O4/c31-26-18-25(4-1-21(26)19-32)41-24-5-2-22(3-6-24)33-30(40)27-7-8-28(35-34-27)36-13-9-20(10-14-36)17-29(39)37-15-11-23(38)12-16-37/h1,4,7-8,18,20,22-24,38H,2-3,5-6,9-17H2,(H,33,40). The van der Waals surface area contributed by atoms with Crippen LogP contribution in [-0.2, 0) is 4.79 Å². The van der Waals surface area contributed by atoms with Crippen LogP contribution < -0.4 is 15.0 Å². The van der Waals surface area contributed by atoms with Gasteiger partial charge in [-0.05, 0) is 81.5 Å². The molecule has 5 rings (SSSR count). The van der Waals surface area contributed by atoms with Gasteiger partial charge in [0.25, 0.3) is 5.91 Å². The Kier molecular flexibility index (Phi) is 9.57. The fourth-order valence-corrected chi connectivity index (χ4v) is 6.12. The summed E-state index contributed by atoms with van der Waals surface area (Å²) in [6.07, 6.45) is 6.68. The zero-order valence-corrected chi connectivity index (χ0v) is 23.9. The molecule has 3 aliphatic rings. The number of piperidine rings is 2. The van der Waals surface area contributed by atoms with E-state index in [0.717, 1.165) is 57.4 Å². The van der Waals surface area contributed by atoms with Crippen molar-refractivity contribution >= 4 is 29.2 Å². The van der Waals surface area contributed by atoms with Crippen LogP contribution in [-0.4, -0.2) is 76.4 Å². The molecule has 1 aromatic carbocycles. The molecule has 10 nitrogen and oxygen atoms in total. The summed E-state index contributed by atoms with van der Waals surface area (Å²) >= 11 is 6.11. The van der Waals surface area contributed by atoms with Gasteiger partial charge in [-0.15, -0.1) is 10.2 Å². The number of nitrogens with zero attached hydrogens (tertiary/aromatic N) is 5. The molecule has 3 heterocycles. The van der Waals surface area contributed by atoms with Crippen molar-refractivity contribution in [1.82, 2.24) is 20.4 Å². The van der Waals surface area contributed by atoms with Crippen molar-refractivity contribution in [1.29, 1.82) is 5.26 Å². The minimum Gasteiger partial charge on any atom is -0.490 e. The molecule has 0 spiro atoms. The van der Waals surface area contributed by atoms with E-state index >= 15 is 0 Å². The number of hydrogen-bond donors (Lipinski definition) is 2. The topological polar surface area (TPSA) is 132 Å². The summed E-state index contributed by atoms with van der Waals surface area (Å²) in [7, 11) is 0. The number of amides is 2. The number of nitrogens with one attached hydrogen (secondary N) is 1. The van der Waals surface area contributed by atoms with Crippen molar-refractivity contribution in [3.63, 3.8) is 0 Å². The highest BCUT2D eigenvalue weighted by Gasteiger charge is 2.28. The van der Waals surface area contributed by atoms with E-state index < -0.39 is 0 Å². The summed E-state index contributed by atoms with van der Waals surface area (Å²) in [6, 6.07) is 10.7. The largest absolute Gasteiger partial charge is 0.490 e. The van der Waals surface area contributed by atoms with Gasteiger partial charge in [-0.2, -0.15) is 5.26 Å². The Hall–Kier alpha value is -3.42. The Labute approximate surface area is 245 Å². The number of aliphatic hydroxyl groups excluding tert-OH is 1. The van der Waals surface area contributed by atoms with E-state index in [2.05, 4.69) is 20.4 Å². The summed E-state index contributed by atoms with van der Waals surface area (Å²) < 4.78 is 6.04. The van der Waals surface area contributed by atoms with Gasteiger partial charge in [0, 0.05) is 44.7 Å². The van der Waals surface area contributed by atoms with E-state index in [9.17, 15) is 14.7 Å². The maximum absolute atomic E-state index is 12.8. The normalized spacial score (nSPS) is 22.2. The summed E-state index contributed by atoms with van der Waals surface area (Å²) in [4.78, 5) is 29.5. The number of carbonyl (C=O) groups is 2. The fourth-order valence-electron chi connectivity index (χ4n) is 5.91. The van der Waals surface area contributed by atoms with E-state index in [0.29, 0.717) is 60.3 Å². The zero-order valence-electron chi connectivity index (χ0n) is 23.2. The Morgan fingerprint density at radius 3 is 2.37 bits per heavy atom. The first-order valence-electron chi connectivity index (χ1n) is 14.6. The molecule has 3 fully saturated rings. The molecule has 2 amide bonds. The number of carbonyl (C=O) groups excluding carboxylic acids is 2. The van der Waals surface area contributed by atoms with Gasteiger partial charge in [0.1, 0.15) is 11.8 Å². The third-order valence-corrected chi connectivity index (χ3v) is 8.79. The molecule has 1 aliphatic carbocycles. The second-order valence-corrected chi connectivity index (χ2v) is 11.7. The summed E-state index contributed by atoms with van der Waals surface area (Å²) in [5, 5.41) is 30.7. The molecule has 0 bridgehead atoms. The first-order chi connectivity index (χ1) is 19.9. The van der Waals surface area contributed by atoms with Crippen LogP contribution in [0, 0.1) is 17.2 Å². The maximum atomic E-state index is 12.8. The second-order valence-electron chi connectivity index (χ2n) is 11.3. The minimum absolute atomic E-state index is 0.0345. The van der Waals surface area contributed by atoms with Crippen molar-refractivity contribution in [2.75, 3.05) is 31.1 Å². The second kappa shape index (κ2) is 13.5. The molecule has 2 saturated heterocycles. The molecule has 218 valence electrons. The van der Waals surface area contributed by atoms with E-state index in [1.54, 1.807) is 24.3 Å². The van der Waals surface area contributed by atoms with E-state index in [-0.39, 0.29) is 30.1 Å².